The number of rotatable bonds is 3. The Morgan fingerprint density at radius 2 is 1.65 bits per heavy atom. The summed E-state index contributed by atoms with van der Waals surface area (Å²) in [5.74, 6) is -0.825. The van der Waals surface area contributed by atoms with Crippen molar-refractivity contribution in [1.82, 2.24) is 4.90 Å². The summed E-state index contributed by atoms with van der Waals surface area (Å²) in [6.45, 7) is 2.59. The van der Waals surface area contributed by atoms with Gasteiger partial charge in [0.15, 0.2) is 0 Å². The van der Waals surface area contributed by atoms with Crippen LogP contribution in [0.25, 0.3) is 11.1 Å². The van der Waals surface area contributed by atoms with Gasteiger partial charge in [0, 0.05) is 12.5 Å². The van der Waals surface area contributed by atoms with Gasteiger partial charge < -0.3 is 9.84 Å². The number of likely N-dealkylation sites (tertiary alicyclic amines) is 1. The first kappa shape index (κ1) is 16.6. The van der Waals surface area contributed by atoms with Crippen molar-refractivity contribution in [2.24, 2.45) is 5.92 Å². The molecule has 134 valence electrons. The van der Waals surface area contributed by atoms with E-state index >= 15 is 0 Å². The molecule has 2 aromatic rings. The lowest BCUT2D eigenvalue weighted by molar-refractivity contribution is -0.141. The summed E-state index contributed by atoms with van der Waals surface area (Å²) in [6, 6.07) is 15.5. The smallest absolute Gasteiger partial charge is 0.410 e. The molecule has 5 nitrogen and oxygen atoms in total. The van der Waals surface area contributed by atoms with Gasteiger partial charge in [-0.1, -0.05) is 55.5 Å². The number of benzene rings is 2. The third-order valence-electron chi connectivity index (χ3n) is 5.37. The minimum absolute atomic E-state index is 0.0188. The van der Waals surface area contributed by atoms with Gasteiger partial charge in [0.05, 0.1) is 0 Å². The van der Waals surface area contributed by atoms with Crippen LogP contribution in [0.1, 0.15) is 30.4 Å². The van der Waals surface area contributed by atoms with Crippen molar-refractivity contribution in [3.05, 3.63) is 59.7 Å². The Morgan fingerprint density at radius 1 is 1.08 bits per heavy atom. The Hall–Kier alpha value is -2.82. The van der Waals surface area contributed by atoms with Crippen LogP contribution >= 0.6 is 0 Å². The lowest BCUT2D eigenvalue weighted by Crippen LogP contribution is -2.41. The molecule has 5 heteroatoms. The number of fused-ring (bicyclic) bond motifs is 3. The highest BCUT2D eigenvalue weighted by molar-refractivity contribution is 5.81. The molecular formula is C21H21NO4. The SMILES string of the molecule is C[C@H]1C[C@H](C(=O)O)N(C(=O)OCC2c3ccccc3-c3ccccc32)C1. The number of carbonyl (C=O) groups excluding carboxylic acids is 1. The molecule has 1 aliphatic carbocycles. The van der Waals surface area contributed by atoms with Crippen molar-refractivity contribution in [3.63, 3.8) is 0 Å². The van der Waals surface area contributed by atoms with E-state index in [1.54, 1.807) is 0 Å². The molecule has 1 heterocycles. The highest BCUT2D eigenvalue weighted by Gasteiger charge is 2.39. The standard InChI is InChI=1S/C21H21NO4/c1-13-10-19(20(23)24)22(11-13)21(25)26-12-18-16-8-4-2-6-14(16)15-7-3-5-9-17(15)18/h2-9,13,18-19H,10-12H2,1H3,(H,23,24)/t13-,19+/m0/s1. The van der Waals surface area contributed by atoms with Crippen LogP contribution in [0.4, 0.5) is 4.79 Å². The maximum Gasteiger partial charge on any atom is 0.410 e. The van der Waals surface area contributed by atoms with Crippen LogP contribution in [0, 0.1) is 5.92 Å². The maximum atomic E-state index is 12.5. The van der Waals surface area contributed by atoms with Gasteiger partial charge >= 0.3 is 12.1 Å². The van der Waals surface area contributed by atoms with Crippen molar-refractivity contribution in [3.8, 4) is 11.1 Å². The Balaban J connectivity index is 1.53. The predicted molar refractivity (Wildman–Crippen MR) is 97.0 cm³/mol. The summed E-state index contributed by atoms with van der Waals surface area (Å²) < 4.78 is 5.58. The van der Waals surface area contributed by atoms with E-state index in [-0.39, 0.29) is 18.4 Å². The van der Waals surface area contributed by atoms with Crippen LogP contribution in [-0.4, -0.2) is 41.3 Å². The van der Waals surface area contributed by atoms with E-state index in [1.165, 1.54) is 16.0 Å². The average molecular weight is 351 g/mol. The van der Waals surface area contributed by atoms with E-state index in [0.717, 1.165) is 11.1 Å². The highest BCUT2D eigenvalue weighted by Crippen LogP contribution is 2.44. The first-order valence-corrected chi connectivity index (χ1v) is 8.90. The highest BCUT2D eigenvalue weighted by atomic mass is 16.6. The topological polar surface area (TPSA) is 66.8 Å². The van der Waals surface area contributed by atoms with Crippen LogP contribution in [0.15, 0.2) is 48.5 Å². The van der Waals surface area contributed by atoms with Crippen molar-refractivity contribution in [1.29, 1.82) is 0 Å². The predicted octanol–water partition coefficient (Wildman–Crippen LogP) is 3.73. The molecule has 0 bridgehead atoms. The fraction of sp³-hybridized carbons (Fsp3) is 0.333. The van der Waals surface area contributed by atoms with E-state index in [0.29, 0.717) is 13.0 Å². The molecule has 1 N–H and O–H groups in total. The molecule has 0 radical (unpaired) electrons. The van der Waals surface area contributed by atoms with Gasteiger partial charge in [-0.05, 0) is 34.6 Å². The lowest BCUT2D eigenvalue weighted by Gasteiger charge is -2.22. The van der Waals surface area contributed by atoms with Crippen molar-refractivity contribution in [2.45, 2.75) is 25.3 Å². The molecule has 1 amide bonds. The molecule has 2 atom stereocenters. The van der Waals surface area contributed by atoms with Crippen molar-refractivity contribution < 1.29 is 19.4 Å². The van der Waals surface area contributed by atoms with Crippen LogP contribution in [0.3, 0.4) is 0 Å². The van der Waals surface area contributed by atoms with E-state index in [4.69, 9.17) is 4.74 Å². The number of nitrogens with zero attached hydrogens (tertiary/aromatic N) is 1. The summed E-state index contributed by atoms with van der Waals surface area (Å²) in [4.78, 5) is 25.3. The molecule has 4 rings (SSSR count). The molecule has 2 aromatic carbocycles. The Morgan fingerprint density at radius 3 is 2.23 bits per heavy atom. The number of hydrogen-bond donors (Lipinski definition) is 1. The second kappa shape index (κ2) is 6.48. The van der Waals surface area contributed by atoms with E-state index < -0.39 is 18.1 Å². The number of carbonyl (C=O) groups is 2. The molecule has 0 aromatic heterocycles. The summed E-state index contributed by atoms with van der Waals surface area (Å²) in [7, 11) is 0. The Labute approximate surface area is 152 Å². The summed E-state index contributed by atoms with van der Waals surface area (Å²) in [6.07, 6.45) is -0.0666. The molecule has 0 unspecified atom stereocenters. The van der Waals surface area contributed by atoms with Crippen LogP contribution in [0.2, 0.25) is 0 Å². The molecular weight excluding hydrogens is 330 g/mol. The van der Waals surface area contributed by atoms with Gasteiger partial charge in [0.2, 0.25) is 0 Å². The first-order valence-electron chi connectivity index (χ1n) is 8.90. The number of carboxylic acids is 1. The normalized spacial score (nSPS) is 21.3. The zero-order valence-corrected chi connectivity index (χ0v) is 14.6. The Bertz CT molecular complexity index is 817. The van der Waals surface area contributed by atoms with Gasteiger partial charge in [0.1, 0.15) is 12.6 Å². The van der Waals surface area contributed by atoms with Crippen molar-refractivity contribution in [2.75, 3.05) is 13.2 Å². The summed E-state index contributed by atoms with van der Waals surface area (Å²) in [5, 5.41) is 9.34. The van der Waals surface area contributed by atoms with Gasteiger partial charge in [0.25, 0.3) is 0 Å². The van der Waals surface area contributed by atoms with E-state index in [2.05, 4.69) is 24.3 Å². The fourth-order valence-electron chi connectivity index (χ4n) is 4.16. The largest absolute Gasteiger partial charge is 0.480 e. The van der Waals surface area contributed by atoms with Crippen LogP contribution in [-0.2, 0) is 9.53 Å². The van der Waals surface area contributed by atoms with Gasteiger partial charge in [-0.15, -0.1) is 0 Å². The third kappa shape index (κ3) is 2.73. The molecule has 1 saturated heterocycles. The zero-order chi connectivity index (χ0) is 18.3. The first-order chi connectivity index (χ1) is 12.6. The lowest BCUT2D eigenvalue weighted by atomic mass is 9.98. The molecule has 0 saturated carbocycles. The van der Waals surface area contributed by atoms with Crippen molar-refractivity contribution >= 4 is 12.1 Å². The number of ether oxygens (including phenoxy) is 1. The number of carboxylic acid groups (broad SMARTS) is 1. The van der Waals surface area contributed by atoms with Crippen LogP contribution < -0.4 is 0 Å². The average Bonchev–Trinajstić information content (AvgIpc) is 3.18. The maximum absolute atomic E-state index is 12.5. The molecule has 26 heavy (non-hydrogen) atoms. The monoisotopic (exact) mass is 351 g/mol. The Kier molecular flexibility index (Phi) is 4.15. The molecule has 2 aliphatic rings. The number of hydrogen-bond acceptors (Lipinski definition) is 3. The third-order valence-corrected chi connectivity index (χ3v) is 5.37. The number of aliphatic carboxylic acids is 1. The molecule has 1 fully saturated rings. The second-order valence-electron chi connectivity index (χ2n) is 7.15. The fourth-order valence-corrected chi connectivity index (χ4v) is 4.16. The zero-order valence-electron chi connectivity index (χ0n) is 14.6. The van der Waals surface area contributed by atoms with Gasteiger partial charge in [-0.2, -0.15) is 0 Å². The van der Waals surface area contributed by atoms with E-state index in [9.17, 15) is 14.7 Å². The summed E-state index contributed by atoms with van der Waals surface area (Å²) in [5.41, 5.74) is 4.63. The second-order valence-corrected chi connectivity index (χ2v) is 7.15. The van der Waals surface area contributed by atoms with E-state index in [1.807, 2.05) is 31.2 Å². The summed E-state index contributed by atoms with van der Waals surface area (Å²) >= 11 is 0. The molecule has 0 spiro atoms. The molecule has 1 aliphatic heterocycles. The van der Waals surface area contributed by atoms with Gasteiger partial charge in [-0.3, -0.25) is 4.90 Å². The minimum atomic E-state index is -0.970. The van der Waals surface area contributed by atoms with Crippen LogP contribution in [0.5, 0.6) is 0 Å². The quantitative estimate of drug-likeness (QED) is 0.915. The minimum Gasteiger partial charge on any atom is -0.480 e. The number of amides is 1. The van der Waals surface area contributed by atoms with Gasteiger partial charge in [-0.25, -0.2) is 9.59 Å².